The molecule has 27 heavy (non-hydrogen) atoms. The highest BCUT2D eigenvalue weighted by Crippen LogP contribution is 2.18. The quantitative estimate of drug-likeness (QED) is 0.602. The number of benzene rings is 1. The predicted molar refractivity (Wildman–Crippen MR) is 103 cm³/mol. The van der Waals surface area contributed by atoms with Crippen LogP contribution in [0.4, 0.5) is 5.82 Å². The third-order valence-electron chi connectivity index (χ3n) is 4.41. The number of pyridine rings is 2. The lowest BCUT2D eigenvalue weighted by Crippen LogP contribution is -2.20. The number of aryl methyl sites for hydroxylation is 3. The molecule has 7 nitrogen and oxygen atoms in total. The van der Waals surface area contributed by atoms with Crippen LogP contribution < -0.4 is 11.1 Å². The molecule has 0 saturated carbocycles. The number of carbonyl (C=O) groups is 1. The molecule has 0 atom stereocenters. The molecule has 3 heterocycles. The molecule has 4 aromatic rings. The van der Waals surface area contributed by atoms with E-state index in [0.717, 1.165) is 16.6 Å². The van der Waals surface area contributed by atoms with Crippen molar-refractivity contribution in [2.45, 2.75) is 26.8 Å². The van der Waals surface area contributed by atoms with E-state index in [1.807, 2.05) is 32.0 Å². The van der Waals surface area contributed by atoms with Gasteiger partial charge in [0, 0.05) is 24.0 Å². The average molecular weight is 362 g/mol. The third-order valence-corrected chi connectivity index (χ3v) is 4.41. The molecule has 0 spiro atoms. The number of rotatable bonds is 4. The number of oxazole rings is 1. The minimum Gasteiger partial charge on any atom is -0.408 e. The average Bonchev–Trinajstić information content (AvgIpc) is 2.94. The molecule has 0 fully saturated rings. The summed E-state index contributed by atoms with van der Waals surface area (Å²) in [5.41, 5.74) is 3.75. The molecular formula is C20H18N4O3. The van der Waals surface area contributed by atoms with Crippen molar-refractivity contribution in [3.63, 3.8) is 0 Å². The molecule has 0 aliphatic heterocycles. The van der Waals surface area contributed by atoms with Crippen LogP contribution in [0.3, 0.4) is 0 Å². The summed E-state index contributed by atoms with van der Waals surface area (Å²) in [6, 6.07) is 12.8. The second kappa shape index (κ2) is 6.68. The van der Waals surface area contributed by atoms with E-state index in [1.165, 1.54) is 4.57 Å². The number of para-hydroxylation sites is 2. The minimum absolute atomic E-state index is 0.128. The van der Waals surface area contributed by atoms with E-state index in [4.69, 9.17) is 4.42 Å². The molecule has 136 valence electrons. The number of nitrogens with one attached hydrogen (secondary N) is 1. The van der Waals surface area contributed by atoms with E-state index >= 15 is 0 Å². The number of aromatic nitrogens is 3. The zero-order valence-electron chi connectivity index (χ0n) is 15.0. The van der Waals surface area contributed by atoms with Crippen molar-refractivity contribution in [1.82, 2.24) is 14.5 Å². The molecule has 7 heteroatoms. The van der Waals surface area contributed by atoms with Crippen molar-refractivity contribution in [2.24, 2.45) is 0 Å². The van der Waals surface area contributed by atoms with Gasteiger partial charge in [0.2, 0.25) is 5.91 Å². The largest absolute Gasteiger partial charge is 0.419 e. The van der Waals surface area contributed by atoms with Crippen LogP contribution in [0.1, 0.15) is 17.7 Å². The normalized spacial score (nSPS) is 11.2. The Morgan fingerprint density at radius 2 is 1.96 bits per heavy atom. The van der Waals surface area contributed by atoms with E-state index in [1.54, 1.807) is 24.3 Å². The molecule has 0 bridgehead atoms. The van der Waals surface area contributed by atoms with Crippen LogP contribution in [0.5, 0.6) is 0 Å². The first-order valence-corrected chi connectivity index (χ1v) is 8.64. The van der Waals surface area contributed by atoms with Crippen LogP contribution in [-0.4, -0.2) is 20.4 Å². The molecule has 0 saturated heterocycles. The summed E-state index contributed by atoms with van der Waals surface area (Å²) in [7, 11) is 0. The Labute approximate surface area is 154 Å². The van der Waals surface area contributed by atoms with Crippen molar-refractivity contribution >= 4 is 33.9 Å². The first-order valence-electron chi connectivity index (χ1n) is 8.64. The molecule has 1 aromatic carbocycles. The number of hydrogen-bond donors (Lipinski definition) is 1. The van der Waals surface area contributed by atoms with Gasteiger partial charge in [-0.05, 0) is 49.7 Å². The van der Waals surface area contributed by atoms with Gasteiger partial charge in [-0.25, -0.2) is 14.8 Å². The Hall–Kier alpha value is -3.48. The van der Waals surface area contributed by atoms with Crippen molar-refractivity contribution in [2.75, 3.05) is 5.32 Å². The van der Waals surface area contributed by atoms with Gasteiger partial charge >= 0.3 is 5.76 Å². The predicted octanol–water partition coefficient (Wildman–Crippen LogP) is 3.18. The van der Waals surface area contributed by atoms with Crippen molar-refractivity contribution in [1.29, 1.82) is 0 Å². The van der Waals surface area contributed by atoms with Gasteiger partial charge in [0.1, 0.15) is 5.82 Å². The zero-order chi connectivity index (χ0) is 19.0. The zero-order valence-corrected chi connectivity index (χ0v) is 15.0. The van der Waals surface area contributed by atoms with E-state index in [9.17, 15) is 9.59 Å². The molecule has 0 radical (unpaired) electrons. The Morgan fingerprint density at radius 3 is 2.81 bits per heavy atom. The molecular weight excluding hydrogens is 344 g/mol. The van der Waals surface area contributed by atoms with E-state index < -0.39 is 5.76 Å². The topological polar surface area (TPSA) is 90.0 Å². The van der Waals surface area contributed by atoms with E-state index in [0.29, 0.717) is 22.6 Å². The summed E-state index contributed by atoms with van der Waals surface area (Å²) in [5, 5.41) is 3.72. The number of nitrogens with zero attached hydrogens (tertiary/aromatic N) is 3. The van der Waals surface area contributed by atoms with Gasteiger partial charge in [-0.15, -0.1) is 0 Å². The highest BCUT2D eigenvalue weighted by molar-refractivity contribution is 5.91. The molecule has 1 N–H and O–H groups in total. The summed E-state index contributed by atoms with van der Waals surface area (Å²) in [6.45, 7) is 4.14. The van der Waals surface area contributed by atoms with Gasteiger partial charge < -0.3 is 9.73 Å². The Balaban J connectivity index is 1.50. The SMILES string of the molecule is Cc1cc(C)c2ccc(NC(=O)CCn3c(=O)oc4ccccc43)nc2n1. The number of anilines is 1. The van der Waals surface area contributed by atoms with E-state index in [-0.39, 0.29) is 18.9 Å². The first kappa shape index (κ1) is 17.0. The standard InChI is InChI=1S/C20H18N4O3/c1-12-11-13(2)21-19-14(12)7-8-17(23-19)22-18(25)9-10-24-15-5-3-4-6-16(15)27-20(24)26/h3-8,11H,9-10H2,1-2H3,(H,21,22,23,25). The fraction of sp³-hybridized carbons (Fsp3) is 0.200. The van der Waals surface area contributed by atoms with Crippen molar-refractivity contribution in [3.8, 4) is 0 Å². The maximum atomic E-state index is 12.3. The third kappa shape index (κ3) is 3.31. The lowest BCUT2D eigenvalue weighted by atomic mass is 10.1. The lowest BCUT2D eigenvalue weighted by molar-refractivity contribution is -0.116. The Bertz CT molecular complexity index is 1220. The van der Waals surface area contributed by atoms with Crippen molar-refractivity contribution in [3.05, 3.63) is 64.3 Å². The number of hydrogen-bond acceptors (Lipinski definition) is 5. The highest BCUT2D eigenvalue weighted by Gasteiger charge is 2.11. The minimum atomic E-state index is -0.469. The fourth-order valence-electron chi connectivity index (χ4n) is 3.15. The van der Waals surface area contributed by atoms with Crippen LogP contribution in [0.2, 0.25) is 0 Å². The summed E-state index contributed by atoms with van der Waals surface area (Å²) in [4.78, 5) is 33.1. The van der Waals surface area contributed by atoms with Gasteiger partial charge in [0.05, 0.1) is 5.52 Å². The Kier molecular flexibility index (Phi) is 4.19. The number of fused-ring (bicyclic) bond motifs is 2. The maximum absolute atomic E-state index is 12.3. The van der Waals surface area contributed by atoms with Gasteiger partial charge in [0.25, 0.3) is 0 Å². The second-order valence-corrected chi connectivity index (χ2v) is 6.43. The summed E-state index contributed by atoms with van der Waals surface area (Å²) < 4.78 is 6.63. The number of carbonyl (C=O) groups excluding carboxylic acids is 1. The molecule has 0 unspecified atom stereocenters. The number of amides is 1. The van der Waals surface area contributed by atoms with Crippen LogP contribution >= 0.6 is 0 Å². The van der Waals surface area contributed by atoms with E-state index in [2.05, 4.69) is 15.3 Å². The van der Waals surface area contributed by atoms with Crippen LogP contribution in [0.15, 0.2) is 51.7 Å². The smallest absolute Gasteiger partial charge is 0.408 e. The van der Waals surface area contributed by atoms with Gasteiger partial charge in [-0.1, -0.05) is 12.1 Å². The molecule has 3 aromatic heterocycles. The fourth-order valence-corrected chi connectivity index (χ4v) is 3.15. The summed E-state index contributed by atoms with van der Waals surface area (Å²) >= 11 is 0. The molecule has 1 amide bonds. The van der Waals surface area contributed by atoms with Crippen LogP contribution in [-0.2, 0) is 11.3 Å². The molecule has 4 rings (SSSR count). The molecule has 0 aliphatic carbocycles. The highest BCUT2D eigenvalue weighted by atomic mass is 16.4. The lowest BCUT2D eigenvalue weighted by Gasteiger charge is -2.07. The second-order valence-electron chi connectivity index (χ2n) is 6.43. The molecule has 0 aliphatic rings. The van der Waals surface area contributed by atoms with Gasteiger partial charge in [-0.3, -0.25) is 9.36 Å². The first-order chi connectivity index (χ1) is 13.0. The van der Waals surface area contributed by atoms with Gasteiger partial charge in [0.15, 0.2) is 11.2 Å². The monoisotopic (exact) mass is 362 g/mol. The van der Waals surface area contributed by atoms with Crippen molar-refractivity contribution < 1.29 is 9.21 Å². The summed E-state index contributed by atoms with van der Waals surface area (Å²) in [6.07, 6.45) is 0.128. The Morgan fingerprint density at radius 1 is 1.15 bits per heavy atom. The van der Waals surface area contributed by atoms with Gasteiger partial charge in [-0.2, -0.15) is 0 Å². The summed E-state index contributed by atoms with van der Waals surface area (Å²) in [5.74, 6) is -0.263. The van der Waals surface area contributed by atoms with Crippen LogP contribution in [0.25, 0.3) is 22.1 Å². The maximum Gasteiger partial charge on any atom is 0.419 e. The van der Waals surface area contributed by atoms with Crippen LogP contribution in [0, 0.1) is 13.8 Å².